The third-order valence-electron chi connectivity index (χ3n) is 3.66. The highest BCUT2D eigenvalue weighted by Gasteiger charge is 2.22. The largest absolute Gasteiger partial charge is 0.517 e. The Morgan fingerprint density at radius 3 is 2.19 bits per heavy atom. The maximum absolute atomic E-state index is 12.6. The van der Waals surface area contributed by atoms with Crippen molar-refractivity contribution in [2.75, 3.05) is 7.11 Å². The second-order valence-corrected chi connectivity index (χ2v) is 7.37. The summed E-state index contributed by atoms with van der Waals surface area (Å²) in [5.74, 6) is -0.177. The molecule has 1 N–H and O–H groups in total. The standard InChI is InChI=1S/C23H25NO7/c1-23(2,3)31-22(27)30-21(26)24-19(14-16-10-12-18(28-4)13-11-16)20(25)29-15-17-8-6-5-7-9-17/h5-14H,15H2,1-4H3,(H,24,26)/b19-14-. The van der Waals surface area contributed by atoms with Crippen LogP contribution < -0.4 is 10.1 Å². The summed E-state index contributed by atoms with van der Waals surface area (Å²) in [5.41, 5.74) is 0.309. The van der Waals surface area contributed by atoms with Gasteiger partial charge in [-0.3, -0.25) is 5.32 Å². The molecular weight excluding hydrogens is 402 g/mol. The van der Waals surface area contributed by atoms with E-state index in [1.807, 2.05) is 18.2 Å². The Balaban J connectivity index is 2.14. The molecule has 0 aromatic heterocycles. The van der Waals surface area contributed by atoms with Crippen molar-refractivity contribution < 1.29 is 33.3 Å². The maximum atomic E-state index is 12.6. The van der Waals surface area contributed by atoms with Gasteiger partial charge in [-0.2, -0.15) is 0 Å². The maximum Gasteiger partial charge on any atom is 0.517 e. The van der Waals surface area contributed by atoms with E-state index < -0.39 is 23.8 Å². The van der Waals surface area contributed by atoms with Crippen molar-refractivity contribution in [3.05, 3.63) is 71.4 Å². The molecular formula is C23H25NO7. The molecule has 0 saturated heterocycles. The molecule has 0 aliphatic heterocycles. The van der Waals surface area contributed by atoms with Crippen LogP contribution in [0.2, 0.25) is 0 Å². The van der Waals surface area contributed by atoms with E-state index in [1.165, 1.54) is 13.2 Å². The quantitative estimate of drug-likeness (QED) is 0.413. The van der Waals surface area contributed by atoms with Crippen LogP contribution >= 0.6 is 0 Å². The lowest BCUT2D eigenvalue weighted by Crippen LogP contribution is -2.33. The zero-order chi connectivity index (χ0) is 22.9. The second kappa shape index (κ2) is 10.8. The summed E-state index contributed by atoms with van der Waals surface area (Å²) in [6.45, 7) is 4.88. The smallest absolute Gasteiger partial charge is 0.497 e. The first-order valence-electron chi connectivity index (χ1n) is 9.45. The number of rotatable bonds is 6. The van der Waals surface area contributed by atoms with Gasteiger partial charge in [0, 0.05) is 0 Å². The van der Waals surface area contributed by atoms with Gasteiger partial charge in [-0.25, -0.2) is 14.4 Å². The van der Waals surface area contributed by atoms with E-state index in [-0.39, 0.29) is 12.3 Å². The fourth-order valence-corrected chi connectivity index (χ4v) is 2.30. The summed E-state index contributed by atoms with van der Waals surface area (Å²) in [6, 6.07) is 15.8. The van der Waals surface area contributed by atoms with Crippen molar-refractivity contribution >= 4 is 24.3 Å². The number of ether oxygens (including phenoxy) is 4. The highest BCUT2D eigenvalue weighted by molar-refractivity contribution is 5.97. The summed E-state index contributed by atoms with van der Waals surface area (Å²) >= 11 is 0. The van der Waals surface area contributed by atoms with Crippen molar-refractivity contribution in [3.8, 4) is 5.75 Å². The molecule has 2 rings (SSSR count). The molecule has 0 heterocycles. The summed E-state index contributed by atoms with van der Waals surface area (Å²) in [6.07, 6.45) is -0.972. The Kier molecular flexibility index (Phi) is 8.19. The molecule has 2 aromatic rings. The number of esters is 1. The van der Waals surface area contributed by atoms with Crippen molar-refractivity contribution in [1.29, 1.82) is 0 Å². The highest BCUT2D eigenvalue weighted by atomic mass is 16.8. The number of hydrogen-bond donors (Lipinski definition) is 1. The molecule has 1 amide bonds. The molecule has 31 heavy (non-hydrogen) atoms. The van der Waals surface area contributed by atoms with Crippen LogP contribution in [0.15, 0.2) is 60.3 Å². The Morgan fingerprint density at radius 1 is 0.968 bits per heavy atom. The number of alkyl carbamates (subject to hydrolysis) is 1. The molecule has 2 aromatic carbocycles. The summed E-state index contributed by atoms with van der Waals surface area (Å²) in [4.78, 5) is 36.4. The van der Waals surface area contributed by atoms with Gasteiger partial charge in [0.2, 0.25) is 0 Å². The number of carbonyl (C=O) groups excluding carboxylic acids is 3. The predicted molar refractivity (Wildman–Crippen MR) is 113 cm³/mol. The lowest BCUT2D eigenvalue weighted by Gasteiger charge is -2.18. The number of hydrogen-bond acceptors (Lipinski definition) is 7. The van der Waals surface area contributed by atoms with Crippen LogP contribution in [-0.2, 0) is 25.6 Å². The van der Waals surface area contributed by atoms with Gasteiger partial charge in [-0.15, -0.1) is 0 Å². The lowest BCUT2D eigenvalue weighted by molar-refractivity contribution is -0.140. The first-order valence-corrected chi connectivity index (χ1v) is 9.45. The molecule has 8 heteroatoms. The monoisotopic (exact) mass is 427 g/mol. The van der Waals surface area contributed by atoms with Gasteiger partial charge in [-0.05, 0) is 50.1 Å². The lowest BCUT2D eigenvalue weighted by atomic mass is 10.2. The Labute approximate surface area is 180 Å². The van der Waals surface area contributed by atoms with Crippen LogP contribution in [0.4, 0.5) is 9.59 Å². The Bertz CT molecular complexity index is 929. The van der Waals surface area contributed by atoms with Crippen LogP contribution in [0.1, 0.15) is 31.9 Å². The SMILES string of the molecule is COc1ccc(/C=C(\NC(=O)OC(=O)OC(C)(C)C)C(=O)OCc2ccccc2)cc1. The van der Waals surface area contributed by atoms with Crippen molar-refractivity contribution in [2.24, 2.45) is 0 Å². The van der Waals surface area contributed by atoms with Crippen LogP contribution in [0, 0.1) is 0 Å². The van der Waals surface area contributed by atoms with Crippen LogP contribution in [0.3, 0.4) is 0 Å². The van der Waals surface area contributed by atoms with E-state index in [9.17, 15) is 14.4 Å². The van der Waals surface area contributed by atoms with Gasteiger partial charge in [0.25, 0.3) is 0 Å². The van der Waals surface area contributed by atoms with Gasteiger partial charge >= 0.3 is 18.2 Å². The van der Waals surface area contributed by atoms with Crippen LogP contribution in [0.25, 0.3) is 6.08 Å². The van der Waals surface area contributed by atoms with E-state index in [0.717, 1.165) is 5.56 Å². The van der Waals surface area contributed by atoms with E-state index in [0.29, 0.717) is 11.3 Å². The zero-order valence-electron chi connectivity index (χ0n) is 17.8. The first kappa shape index (κ1) is 23.5. The third-order valence-corrected chi connectivity index (χ3v) is 3.66. The number of carbonyl (C=O) groups is 3. The molecule has 164 valence electrons. The minimum atomic E-state index is -1.19. The highest BCUT2D eigenvalue weighted by Crippen LogP contribution is 2.15. The minimum absolute atomic E-state index is 0.00240. The molecule has 0 fully saturated rings. The molecule has 0 aliphatic carbocycles. The predicted octanol–water partition coefficient (Wildman–Crippen LogP) is 4.44. The second-order valence-electron chi connectivity index (χ2n) is 7.37. The van der Waals surface area contributed by atoms with Gasteiger partial charge < -0.3 is 18.9 Å². The average molecular weight is 427 g/mol. The molecule has 0 unspecified atom stereocenters. The van der Waals surface area contributed by atoms with E-state index in [1.54, 1.807) is 57.2 Å². The molecule has 0 saturated carbocycles. The number of benzene rings is 2. The van der Waals surface area contributed by atoms with E-state index >= 15 is 0 Å². The summed E-state index contributed by atoms with van der Waals surface area (Å²) in [5, 5.41) is 2.24. The number of methoxy groups -OCH3 is 1. The molecule has 8 nitrogen and oxygen atoms in total. The van der Waals surface area contributed by atoms with Crippen molar-refractivity contribution in [2.45, 2.75) is 33.0 Å². The van der Waals surface area contributed by atoms with Gasteiger partial charge in [0.05, 0.1) is 7.11 Å². The van der Waals surface area contributed by atoms with E-state index in [4.69, 9.17) is 14.2 Å². The fraction of sp³-hybridized carbons (Fsp3) is 0.261. The van der Waals surface area contributed by atoms with Gasteiger partial charge in [-0.1, -0.05) is 42.5 Å². The van der Waals surface area contributed by atoms with Gasteiger partial charge in [0.1, 0.15) is 23.7 Å². The number of amides is 1. The topological polar surface area (TPSA) is 100 Å². The normalized spacial score (nSPS) is 11.3. The number of nitrogens with one attached hydrogen (secondary N) is 1. The Morgan fingerprint density at radius 2 is 1.61 bits per heavy atom. The van der Waals surface area contributed by atoms with Gasteiger partial charge in [0.15, 0.2) is 0 Å². The molecule has 0 radical (unpaired) electrons. The third kappa shape index (κ3) is 8.61. The van der Waals surface area contributed by atoms with Crippen molar-refractivity contribution in [1.82, 2.24) is 5.32 Å². The molecule has 0 aliphatic rings. The van der Waals surface area contributed by atoms with Crippen molar-refractivity contribution in [3.63, 3.8) is 0 Å². The average Bonchev–Trinajstić information content (AvgIpc) is 2.71. The van der Waals surface area contributed by atoms with E-state index in [2.05, 4.69) is 10.1 Å². The Hall–Kier alpha value is -3.81. The zero-order valence-corrected chi connectivity index (χ0v) is 17.8. The van der Waals surface area contributed by atoms with Crippen LogP contribution in [-0.4, -0.2) is 30.9 Å². The summed E-state index contributed by atoms with van der Waals surface area (Å²) < 4.78 is 19.9. The minimum Gasteiger partial charge on any atom is -0.497 e. The molecule has 0 atom stereocenters. The molecule has 0 bridgehead atoms. The first-order chi connectivity index (χ1) is 14.7. The fourth-order valence-electron chi connectivity index (χ4n) is 2.30. The molecule has 0 spiro atoms. The van der Waals surface area contributed by atoms with Crippen LogP contribution in [0.5, 0.6) is 5.75 Å². The summed E-state index contributed by atoms with van der Waals surface area (Å²) in [7, 11) is 1.53.